The zero-order valence-electron chi connectivity index (χ0n) is 13.2. The Hall–Kier alpha value is -1.30. The summed E-state index contributed by atoms with van der Waals surface area (Å²) in [5, 5.41) is 0. The maximum absolute atomic E-state index is 12.4. The number of carbonyl (C=O) groups excluding carboxylic acids is 1. The number of amides is 1. The van der Waals surface area contributed by atoms with Gasteiger partial charge in [-0.1, -0.05) is 12.1 Å². The lowest BCUT2D eigenvalue weighted by atomic mass is 10.2. The van der Waals surface area contributed by atoms with E-state index >= 15 is 0 Å². The molecule has 6 heteroatoms. The lowest BCUT2D eigenvalue weighted by Gasteiger charge is -2.26. The third-order valence-corrected chi connectivity index (χ3v) is 3.91. The summed E-state index contributed by atoms with van der Waals surface area (Å²) in [6, 6.07) is 7.83. The van der Waals surface area contributed by atoms with Gasteiger partial charge in [0.1, 0.15) is 11.9 Å². The molecule has 0 aliphatic carbocycles. The Labute approximate surface area is 138 Å². The summed E-state index contributed by atoms with van der Waals surface area (Å²) in [6.07, 6.45) is 1.56. The molecule has 2 N–H and O–H groups in total. The zero-order chi connectivity index (χ0) is 15.2. The highest BCUT2D eigenvalue weighted by molar-refractivity contribution is 5.85. The van der Waals surface area contributed by atoms with Gasteiger partial charge in [0.25, 0.3) is 5.91 Å². The third kappa shape index (κ3) is 4.60. The second-order valence-corrected chi connectivity index (χ2v) is 5.37. The van der Waals surface area contributed by atoms with Gasteiger partial charge in [0.15, 0.2) is 0 Å². The van der Waals surface area contributed by atoms with Crippen LogP contribution in [0.15, 0.2) is 24.3 Å². The summed E-state index contributed by atoms with van der Waals surface area (Å²) < 4.78 is 10.9. The Balaban J connectivity index is 0.00000242. The highest BCUT2D eigenvalue weighted by atomic mass is 35.5. The number of carbonyl (C=O) groups is 1. The van der Waals surface area contributed by atoms with Crippen LogP contribution >= 0.6 is 12.4 Å². The molecule has 0 aromatic heterocycles. The van der Waals surface area contributed by atoms with Gasteiger partial charge in [-0.25, -0.2) is 0 Å². The molecule has 1 aromatic rings. The van der Waals surface area contributed by atoms with E-state index in [4.69, 9.17) is 15.2 Å². The maximum Gasteiger partial charge on any atom is 0.251 e. The molecule has 1 fully saturated rings. The van der Waals surface area contributed by atoms with Gasteiger partial charge >= 0.3 is 0 Å². The summed E-state index contributed by atoms with van der Waals surface area (Å²) in [5.74, 6) is 0.823. The molecule has 5 nitrogen and oxygen atoms in total. The molecule has 22 heavy (non-hydrogen) atoms. The van der Waals surface area contributed by atoms with Gasteiger partial charge in [0, 0.05) is 19.1 Å². The van der Waals surface area contributed by atoms with Crippen molar-refractivity contribution in [1.29, 1.82) is 0 Å². The largest absolute Gasteiger partial charge is 0.497 e. The number of hydrogen-bond acceptors (Lipinski definition) is 4. The Morgan fingerprint density at radius 3 is 2.95 bits per heavy atom. The van der Waals surface area contributed by atoms with Crippen molar-refractivity contribution in [1.82, 2.24) is 4.90 Å². The van der Waals surface area contributed by atoms with Crippen molar-refractivity contribution in [2.45, 2.75) is 38.5 Å². The first-order valence-corrected chi connectivity index (χ1v) is 7.40. The molecule has 0 radical (unpaired) electrons. The van der Waals surface area contributed by atoms with E-state index in [2.05, 4.69) is 0 Å². The van der Waals surface area contributed by atoms with Gasteiger partial charge in [-0.2, -0.15) is 0 Å². The minimum Gasteiger partial charge on any atom is -0.497 e. The minimum absolute atomic E-state index is 0. The fraction of sp³-hybridized carbons (Fsp3) is 0.562. The van der Waals surface area contributed by atoms with Crippen LogP contribution in [0, 0.1) is 0 Å². The average Bonchev–Trinajstić information content (AvgIpc) is 3.00. The normalized spacial score (nSPS) is 18.7. The van der Waals surface area contributed by atoms with Gasteiger partial charge in [-0.3, -0.25) is 4.79 Å². The second-order valence-electron chi connectivity index (χ2n) is 5.37. The summed E-state index contributed by atoms with van der Waals surface area (Å²) in [7, 11) is 1.63. The molecule has 1 aliphatic rings. The number of rotatable bonds is 6. The molecule has 0 bridgehead atoms. The van der Waals surface area contributed by atoms with Crippen molar-refractivity contribution < 1.29 is 14.3 Å². The summed E-state index contributed by atoms with van der Waals surface area (Å²) in [4.78, 5) is 14.2. The van der Waals surface area contributed by atoms with E-state index in [1.165, 1.54) is 0 Å². The van der Waals surface area contributed by atoms with Crippen molar-refractivity contribution in [2.75, 3.05) is 20.2 Å². The van der Waals surface area contributed by atoms with Gasteiger partial charge < -0.3 is 20.1 Å². The van der Waals surface area contributed by atoms with E-state index < -0.39 is 6.10 Å². The first-order valence-electron chi connectivity index (χ1n) is 7.40. The molecule has 1 saturated heterocycles. The van der Waals surface area contributed by atoms with E-state index in [9.17, 15) is 4.79 Å². The summed E-state index contributed by atoms with van der Waals surface area (Å²) in [5.41, 5.74) is 6.70. The Kier molecular flexibility index (Phi) is 7.65. The van der Waals surface area contributed by atoms with Crippen LogP contribution in [-0.4, -0.2) is 43.2 Å². The SMILES string of the molecule is COc1cccc(COC(C)C(=O)N2CCCC2CN)c1.Cl. The molecule has 2 rings (SSSR count). The number of nitrogens with zero attached hydrogens (tertiary/aromatic N) is 1. The summed E-state index contributed by atoms with van der Waals surface area (Å²) in [6.45, 7) is 3.50. The van der Waals surface area contributed by atoms with Crippen LogP contribution in [0.2, 0.25) is 0 Å². The minimum atomic E-state index is -0.455. The fourth-order valence-electron chi connectivity index (χ4n) is 2.66. The smallest absolute Gasteiger partial charge is 0.251 e. The molecule has 0 spiro atoms. The predicted octanol–water partition coefficient (Wildman–Crippen LogP) is 1.97. The Morgan fingerprint density at radius 2 is 2.27 bits per heavy atom. The highest BCUT2D eigenvalue weighted by Crippen LogP contribution is 2.19. The van der Waals surface area contributed by atoms with E-state index in [1.807, 2.05) is 29.2 Å². The number of likely N-dealkylation sites (tertiary alicyclic amines) is 1. The number of halogens is 1. The number of nitrogens with two attached hydrogens (primary N) is 1. The molecular weight excluding hydrogens is 304 g/mol. The van der Waals surface area contributed by atoms with Gasteiger partial charge in [0.2, 0.25) is 0 Å². The number of benzene rings is 1. The van der Waals surface area contributed by atoms with Crippen molar-refractivity contribution in [3.63, 3.8) is 0 Å². The molecule has 1 aliphatic heterocycles. The predicted molar refractivity (Wildman–Crippen MR) is 88.3 cm³/mol. The molecule has 1 amide bonds. The second kappa shape index (κ2) is 8.98. The molecule has 2 atom stereocenters. The van der Waals surface area contributed by atoms with Crippen LogP contribution in [0.25, 0.3) is 0 Å². The summed E-state index contributed by atoms with van der Waals surface area (Å²) >= 11 is 0. The molecule has 1 heterocycles. The van der Waals surface area contributed by atoms with E-state index in [1.54, 1.807) is 14.0 Å². The molecule has 2 unspecified atom stereocenters. The standard InChI is InChI=1S/C16H24N2O3.ClH/c1-12(16(19)18-8-4-6-14(18)10-17)21-11-13-5-3-7-15(9-13)20-2;/h3,5,7,9,12,14H,4,6,8,10-11,17H2,1-2H3;1H. The Morgan fingerprint density at radius 1 is 1.50 bits per heavy atom. The van der Waals surface area contributed by atoms with Gasteiger partial charge in [-0.15, -0.1) is 12.4 Å². The Bertz CT molecular complexity index is 484. The van der Waals surface area contributed by atoms with E-state index in [-0.39, 0.29) is 24.4 Å². The molecule has 0 saturated carbocycles. The van der Waals surface area contributed by atoms with Crippen LogP contribution in [0.5, 0.6) is 5.75 Å². The van der Waals surface area contributed by atoms with Gasteiger partial charge in [-0.05, 0) is 37.5 Å². The van der Waals surface area contributed by atoms with Crippen LogP contribution in [0.4, 0.5) is 0 Å². The molecular formula is C16H25ClN2O3. The van der Waals surface area contributed by atoms with Crippen LogP contribution in [-0.2, 0) is 16.1 Å². The van der Waals surface area contributed by atoms with Crippen LogP contribution < -0.4 is 10.5 Å². The van der Waals surface area contributed by atoms with Crippen molar-refractivity contribution in [2.24, 2.45) is 5.73 Å². The van der Waals surface area contributed by atoms with Crippen molar-refractivity contribution >= 4 is 18.3 Å². The average molecular weight is 329 g/mol. The zero-order valence-corrected chi connectivity index (χ0v) is 14.0. The topological polar surface area (TPSA) is 64.8 Å². The third-order valence-electron chi connectivity index (χ3n) is 3.91. The number of hydrogen-bond donors (Lipinski definition) is 1. The van der Waals surface area contributed by atoms with E-state index in [0.717, 1.165) is 30.7 Å². The lowest BCUT2D eigenvalue weighted by molar-refractivity contribution is -0.144. The van der Waals surface area contributed by atoms with Crippen LogP contribution in [0.3, 0.4) is 0 Å². The molecule has 124 valence electrons. The lowest BCUT2D eigenvalue weighted by Crippen LogP contribution is -2.44. The highest BCUT2D eigenvalue weighted by Gasteiger charge is 2.30. The van der Waals surface area contributed by atoms with Crippen molar-refractivity contribution in [3.8, 4) is 5.75 Å². The molecule has 1 aromatic carbocycles. The van der Waals surface area contributed by atoms with E-state index in [0.29, 0.717) is 13.2 Å². The fourth-order valence-corrected chi connectivity index (χ4v) is 2.66. The number of methoxy groups -OCH3 is 1. The monoisotopic (exact) mass is 328 g/mol. The first-order chi connectivity index (χ1) is 10.2. The van der Waals surface area contributed by atoms with Gasteiger partial charge in [0.05, 0.1) is 13.7 Å². The van der Waals surface area contributed by atoms with Crippen LogP contribution in [0.1, 0.15) is 25.3 Å². The number of ether oxygens (including phenoxy) is 2. The quantitative estimate of drug-likeness (QED) is 0.867. The van der Waals surface area contributed by atoms with Crippen molar-refractivity contribution in [3.05, 3.63) is 29.8 Å². The maximum atomic E-state index is 12.4. The first kappa shape index (κ1) is 18.7.